The zero-order valence-corrected chi connectivity index (χ0v) is 12.2. The minimum atomic E-state index is -4.74. The van der Waals surface area contributed by atoms with E-state index in [1.54, 1.807) is 0 Å². The average molecular weight is 337 g/mol. The molecule has 9 heteroatoms. The lowest BCUT2D eigenvalue weighted by Crippen LogP contribution is -2.17. The number of benzene rings is 1. The molecule has 0 bridgehead atoms. The van der Waals surface area contributed by atoms with E-state index in [2.05, 4.69) is 10.4 Å². The summed E-state index contributed by atoms with van der Waals surface area (Å²) in [6, 6.07) is 7.05. The number of aryl methyl sites for hydroxylation is 1. The SMILES string of the molecule is Cn1cc(C(=O)Nc2ccc3oc(=O)ccc3c2)c(C(F)(F)F)n1. The summed E-state index contributed by atoms with van der Waals surface area (Å²) in [5.74, 6) is -0.938. The molecule has 0 saturated carbocycles. The molecule has 1 N–H and O–H groups in total. The summed E-state index contributed by atoms with van der Waals surface area (Å²) >= 11 is 0. The van der Waals surface area contributed by atoms with Gasteiger partial charge in [0.1, 0.15) is 5.58 Å². The van der Waals surface area contributed by atoms with Gasteiger partial charge in [-0.2, -0.15) is 18.3 Å². The van der Waals surface area contributed by atoms with Crippen LogP contribution in [-0.2, 0) is 13.2 Å². The minimum Gasteiger partial charge on any atom is -0.423 e. The van der Waals surface area contributed by atoms with Crippen LogP contribution in [0, 0.1) is 0 Å². The third kappa shape index (κ3) is 3.00. The lowest BCUT2D eigenvalue weighted by Gasteiger charge is -2.08. The fourth-order valence-electron chi connectivity index (χ4n) is 2.21. The molecule has 124 valence electrons. The number of fused-ring (bicyclic) bond motifs is 1. The highest BCUT2D eigenvalue weighted by Gasteiger charge is 2.39. The normalized spacial score (nSPS) is 11.7. The summed E-state index contributed by atoms with van der Waals surface area (Å²) in [4.78, 5) is 23.3. The Morgan fingerprint density at radius 1 is 1.25 bits per heavy atom. The number of alkyl halides is 3. The smallest absolute Gasteiger partial charge is 0.423 e. The minimum absolute atomic E-state index is 0.262. The fourth-order valence-corrected chi connectivity index (χ4v) is 2.21. The highest BCUT2D eigenvalue weighted by Crippen LogP contribution is 2.31. The van der Waals surface area contributed by atoms with Crippen LogP contribution in [0.5, 0.6) is 0 Å². The number of nitrogens with zero attached hydrogens (tertiary/aromatic N) is 2. The first-order chi connectivity index (χ1) is 11.2. The third-order valence-electron chi connectivity index (χ3n) is 3.22. The molecular weight excluding hydrogens is 327 g/mol. The van der Waals surface area contributed by atoms with E-state index < -0.39 is 29.0 Å². The van der Waals surface area contributed by atoms with Gasteiger partial charge in [0.15, 0.2) is 5.69 Å². The maximum Gasteiger partial charge on any atom is 0.435 e. The Bertz CT molecular complexity index is 989. The van der Waals surface area contributed by atoms with Crippen LogP contribution in [-0.4, -0.2) is 15.7 Å². The van der Waals surface area contributed by atoms with Crippen molar-refractivity contribution in [1.82, 2.24) is 9.78 Å². The molecule has 0 spiro atoms. The number of nitrogens with one attached hydrogen (secondary N) is 1. The van der Waals surface area contributed by atoms with Crippen molar-refractivity contribution in [2.75, 3.05) is 5.32 Å². The number of carbonyl (C=O) groups is 1. The van der Waals surface area contributed by atoms with Gasteiger partial charge in [0.05, 0.1) is 5.56 Å². The van der Waals surface area contributed by atoms with Crippen LogP contribution in [0.3, 0.4) is 0 Å². The van der Waals surface area contributed by atoms with Gasteiger partial charge >= 0.3 is 11.8 Å². The molecule has 0 aliphatic carbocycles. The molecule has 0 radical (unpaired) electrons. The number of carbonyl (C=O) groups excluding carboxylic acids is 1. The summed E-state index contributed by atoms with van der Waals surface area (Å²) < 4.78 is 44.6. The Kier molecular flexibility index (Phi) is 3.63. The zero-order valence-electron chi connectivity index (χ0n) is 12.2. The average Bonchev–Trinajstić information content (AvgIpc) is 2.90. The van der Waals surface area contributed by atoms with E-state index in [0.717, 1.165) is 10.9 Å². The Balaban J connectivity index is 1.93. The predicted molar refractivity (Wildman–Crippen MR) is 78.6 cm³/mol. The van der Waals surface area contributed by atoms with Crippen LogP contribution in [0.1, 0.15) is 16.1 Å². The number of anilines is 1. The van der Waals surface area contributed by atoms with E-state index in [-0.39, 0.29) is 5.69 Å². The van der Waals surface area contributed by atoms with Gasteiger partial charge < -0.3 is 9.73 Å². The first kappa shape index (κ1) is 15.8. The van der Waals surface area contributed by atoms with Gasteiger partial charge in [0, 0.05) is 30.4 Å². The lowest BCUT2D eigenvalue weighted by molar-refractivity contribution is -0.141. The fraction of sp³-hybridized carbons (Fsp3) is 0.133. The third-order valence-corrected chi connectivity index (χ3v) is 3.22. The molecule has 3 rings (SSSR count). The Morgan fingerprint density at radius 3 is 2.71 bits per heavy atom. The highest BCUT2D eigenvalue weighted by molar-refractivity contribution is 6.05. The molecule has 0 saturated heterocycles. The summed E-state index contributed by atoms with van der Waals surface area (Å²) in [6.45, 7) is 0. The monoisotopic (exact) mass is 337 g/mol. The van der Waals surface area contributed by atoms with Crippen LogP contribution in [0.2, 0.25) is 0 Å². The van der Waals surface area contributed by atoms with Crippen LogP contribution in [0.4, 0.5) is 18.9 Å². The molecule has 2 heterocycles. The second-order valence-corrected chi connectivity index (χ2v) is 5.02. The van der Waals surface area contributed by atoms with Crippen LogP contribution >= 0.6 is 0 Å². The van der Waals surface area contributed by atoms with Gasteiger partial charge in [-0.25, -0.2) is 4.79 Å². The number of amides is 1. The van der Waals surface area contributed by atoms with E-state index >= 15 is 0 Å². The van der Waals surface area contributed by atoms with E-state index in [1.165, 1.54) is 37.4 Å². The maximum atomic E-state index is 12.9. The topological polar surface area (TPSA) is 77.1 Å². The van der Waals surface area contributed by atoms with Gasteiger partial charge in [-0.3, -0.25) is 9.48 Å². The first-order valence-electron chi connectivity index (χ1n) is 6.70. The number of aromatic nitrogens is 2. The summed E-state index contributed by atoms with van der Waals surface area (Å²) in [7, 11) is 1.30. The lowest BCUT2D eigenvalue weighted by atomic mass is 10.2. The standard InChI is InChI=1S/C15H10F3N3O3/c1-21-7-10(13(20-21)15(16,17)18)14(23)19-9-3-4-11-8(6-9)2-5-12(22)24-11/h2-7H,1H3,(H,19,23). The summed E-state index contributed by atoms with van der Waals surface area (Å²) in [6.07, 6.45) is -3.74. The van der Waals surface area contributed by atoms with Crippen molar-refractivity contribution in [2.24, 2.45) is 7.05 Å². The molecule has 0 aliphatic heterocycles. The summed E-state index contributed by atoms with van der Waals surface area (Å²) in [5.41, 5.74) is -1.79. The van der Waals surface area contributed by atoms with Crippen molar-refractivity contribution in [3.63, 3.8) is 0 Å². The van der Waals surface area contributed by atoms with Gasteiger partial charge in [-0.15, -0.1) is 0 Å². The predicted octanol–water partition coefficient (Wildman–Crippen LogP) is 2.80. The van der Waals surface area contributed by atoms with Crippen molar-refractivity contribution in [3.05, 3.63) is 58.2 Å². The van der Waals surface area contributed by atoms with Gasteiger partial charge in [0.2, 0.25) is 0 Å². The number of halogens is 3. The highest BCUT2D eigenvalue weighted by atomic mass is 19.4. The van der Waals surface area contributed by atoms with E-state index in [9.17, 15) is 22.8 Å². The summed E-state index contributed by atoms with van der Waals surface area (Å²) in [5, 5.41) is 6.19. The first-order valence-corrected chi connectivity index (χ1v) is 6.70. The molecular formula is C15H10F3N3O3. The largest absolute Gasteiger partial charge is 0.435 e. The van der Waals surface area contributed by atoms with Crippen molar-refractivity contribution in [2.45, 2.75) is 6.18 Å². The van der Waals surface area contributed by atoms with Crippen LogP contribution in [0.15, 0.2) is 45.7 Å². The molecule has 0 atom stereocenters. The van der Waals surface area contributed by atoms with E-state index in [4.69, 9.17) is 4.42 Å². The number of rotatable bonds is 2. The molecule has 0 aliphatic rings. The van der Waals surface area contributed by atoms with Crippen molar-refractivity contribution < 1.29 is 22.4 Å². The van der Waals surface area contributed by atoms with Crippen molar-refractivity contribution in [1.29, 1.82) is 0 Å². The molecule has 1 aromatic carbocycles. The second-order valence-electron chi connectivity index (χ2n) is 5.02. The Morgan fingerprint density at radius 2 is 2.00 bits per heavy atom. The second kappa shape index (κ2) is 5.52. The Labute approximate surface area is 132 Å². The van der Waals surface area contributed by atoms with E-state index in [0.29, 0.717) is 11.0 Å². The molecule has 24 heavy (non-hydrogen) atoms. The quantitative estimate of drug-likeness (QED) is 0.730. The van der Waals surface area contributed by atoms with Crippen LogP contribution in [0.25, 0.3) is 11.0 Å². The zero-order chi connectivity index (χ0) is 17.5. The molecule has 3 aromatic rings. The molecule has 0 fully saturated rings. The van der Waals surface area contributed by atoms with Gasteiger partial charge in [0.25, 0.3) is 5.91 Å². The molecule has 6 nitrogen and oxygen atoms in total. The van der Waals surface area contributed by atoms with Crippen molar-refractivity contribution >= 4 is 22.6 Å². The molecule has 0 unspecified atom stereocenters. The maximum absolute atomic E-state index is 12.9. The van der Waals surface area contributed by atoms with Crippen LogP contribution < -0.4 is 10.9 Å². The van der Waals surface area contributed by atoms with Gasteiger partial charge in [-0.1, -0.05) is 0 Å². The number of hydrogen-bond acceptors (Lipinski definition) is 4. The Hall–Kier alpha value is -3.10. The van der Waals surface area contributed by atoms with Gasteiger partial charge in [-0.05, 0) is 24.3 Å². The molecule has 1 amide bonds. The number of hydrogen-bond donors (Lipinski definition) is 1. The van der Waals surface area contributed by atoms with Crippen molar-refractivity contribution in [3.8, 4) is 0 Å². The molecule has 2 aromatic heterocycles. The van der Waals surface area contributed by atoms with E-state index in [1.807, 2.05) is 0 Å².